The van der Waals surface area contributed by atoms with Crippen molar-refractivity contribution in [1.29, 1.82) is 5.26 Å². The molecular formula is C28H30F3N5OS. The van der Waals surface area contributed by atoms with Gasteiger partial charge in [-0.2, -0.15) is 23.5 Å². The molecule has 1 aliphatic rings. The molecule has 0 aliphatic carbocycles. The molecule has 3 heterocycles. The Hall–Kier alpha value is -3.42. The Kier molecular flexibility index (Phi) is 7.81. The van der Waals surface area contributed by atoms with Crippen LogP contribution >= 0.6 is 11.3 Å². The average Bonchev–Trinajstić information content (AvgIpc) is 3.49. The summed E-state index contributed by atoms with van der Waals surface area (Å²) >= 11 is 1.32. The number of aromatic nitrogens is 2. The minimum absolute atomic E-state index is 0.00355. The molecule has 0 saturated heterocycles. The molecule has 1 aliphatic heterocycles. The van der Waals surface area contributed by atoms with Crippen LogP contribution < -0.4 is 5.32 Å². The molecule has 0 bridgehead atoms. The second kappa shape index (κ2) is 10.8. The third-order valence-corrected chi connectivity index (χ3v) is 7.41. The first-order valence-electron chi connectivity index (χ1n) is 12.4. The second-order valence-electron chi connectivity index (χ2n) is 10.2. The molecule has 1 aromatic carbocycles. The molecule has 0 saturated carbocycles. The maximum Gasteiger partial charge on any atom is 0.435 e. The quantitative estimate of drug-likeness (QED) is 0.392. The predicted molar refractivity (Wildman–Crippen MR) is 142 cm³/mol. The monoisotopic (exact) mass is 541 g/mol. The van der Waals surface area contributed by atoms with E-state index in [4.69, 9.17) is 0 Å². The number of benzene rings is 1. The van der Waals surface area contributed by atoms with Gasteiger partial charge in [-0.1, -0.05) is 30.3 Å². The molecule has 1 amide bonds. The van der Waals surface area contributed by atoms with Crippen molar-refractivity contribution in [1.82, 2.24) is 20.0 Å². The van der Waals surface area contributed by atoms with Crippen LogP contribution in [-0.4, -0.2) is 39.2 Å². The summed E-state index contributed by atoms with van der Waals surface area (Å²) in [6.07, 6.45) is 0.104. The van der Waals surface area contributed by atoms with Crippen molar-refractivity contribution < 1.29 is 18.0 Å². The Morgan fingerprint density at radius 2 is 1.97 bits per heavy atom. The molecular weight excluding hydrogens is 511 g/mol. The van der Waals surface area contributed by atoms with Gasteiger partial charge < -0.3 is 10.2 Å². The summed E-state index contributed by atoms with van der Waals surface area (Å²) in [5, 5.41) is 16.6. The van der Waals surface area contributed by atoms with Crippen LogP contribution in [0.15, 0.2) is 48.7 Å². The van der Waals surface area contributed by atoms with E-state index in [1.807, 2.05) is 20.8 Å². The first kappa shape index (κ1) is 27.6. The van der Waals surface area contributed by atoms with Gasteiger partial charge >= 0.3 is 6.18 Å². The van der Waals surface area contributed by atoms with E-state index in [0.717, 1.165) is 10.4 Å². The van der Waals surface area contributed by atoms with Crippen LogP contribution in [0, 0.1) is 11.3 Å². The summed E-state index contributed by atoms with van der Waals surface area (Å²) in [5.74, 6) is -0.583. The highest BCUT2D eigenvalue weighted by atomic mass is 32.1. The first-order valence-corrected chi connectivity index (χ1v) is 13.2. The van der Waals surface area contributed by atoms with Crippen LogP contribution in [0.1, 0.15) is 60.2 Å². The van der Waals surface area contributed by atoms with Crippen molar-refractivity contribution in [3.63, 3.8) is 0 Å². The van der Waals surface area contributed by atoms with Crippen LogP contribution in [0.3, 0.4) is 0 Å². The molecule has 6 nitrogen and oxygen atoms in total. The zero-order chi connectivity index (χ0) is 27.7. The molecule has 0 fully saturated rings. The molecule has 200 valence electrons. The molecule has 2 aromatic heterocycles. The van der Waals surface area contributed by atoms with Crippen LogP contribution in [0.4, 0.5) is 13.2 Å². The number of carbonyl (C=O) groups is 1. The fourth-order valence-corrected chi connectivity index (χ4v) is 5.61. The van der Waals surface area contributed by atoms with Crippen molar-refractivity contribution >= 4 is 17.2 Å². The molecule has 0 unspecified atom stereocenters. The minimum Gasteiger partial charge on any atom is -0.333 e. The number of amides is 1. The summed E-state index contributed by atoms with van der Waals surface area (Å²) < 4.78 is 43.2. The normalized spacial score (nSPS) is 16.1. The number of rotatable bonds is 6. The number of nitrogens with zero attached hydrogens (tertiary/aromatic N) is 4. The van der Waals surface area contributed by atoms with Gasteiger partial charge in [0.1, 0.15) is 10.9 Å². The molecule has 10 heteroatoms. The summed E-state index contributed by atoms with van der Waals surface area (Å²) in [5.41, 5.74) is 0.926. The summed E-state index contributed by atoms with van der Waals surface area (Å²) in [6, 6.07) is 10.9. The molecule has 1 N–H and O–H groups in total. The van der Waals surface area contributed by atoms with E-state index in [0.29, 0.717) is 35.6 Å². The topological polar surface area (TPSA) is 74.0 Å². The number of alkyl halides is 3. The van der Waals surface area contributed by atoms with Gasteiger partial charge in [-0.05, 0) is 50.5 Å². The number of fused-ring (bicyclic) bond motifs is 1. The molecule has 0 spiro atoms. The number of thiophene rings is 1. The lowest BCUT2D eigenvalue weighted by molar-refractivity contribution is -0.141. The number of nitriles is 1. The largest absolute Gasteiger partial charge is 0.435 e. The van der Waals surface area contributed by atoms with Crippen molar-refractivity contribution in [3.05, 3.63) is 75.3 Å². The number of aryl methyl sites for hydroxylation is 1. The molecule has 0 radical (unpaired) electrons. The Balaban J connectivity index is 1.75. The van der Waals surface area contributed by atoms with Crippen LogP contribution in [0.2, 0.25) is 0 Å². The lowest BCUT2D eigenvalue weighted by Crippen LogP contribution is -2.38. The lowest BCUT2D eigenvalue weighted by atomic mass is 9.83. The third-order valence-electron chi connectivity index (χ3n) is 6.37. The Bertz CT molecular complexity index is 1390. The van der Waals surface area contributed by atoms with Gasteiger partial charge in [0, 0.05) is 53.8 Å². The maximum absolute atomic E-state index is 14.0. The SMILES string of the molecule is CCn1cc(-c2ccccc2[C@@H]2CN(C(=O)/C=C/CNC(C)(C)C)Cc3sc(C#N)cc32)c(C(F)(F)F)n1. The molecule has 4 rings (SSSR count). The Morgan fingerprint density at radius 1 is 1.24 bits per heavy atom. The number of carbonyl (C=O) groups excluding carboxylic acids is 1. The van der Waals surface area contributed by atoms with Crippen molar-refractivity contribution in [2.45, 2.75) is 58.4 Å². The minimum atomic E-state index is -4.62. The first-order chi connectivity index (χ1) is 17.9. The van der Waals surface area contributed by atoms with E-state index in [-0.39, 0.29) is 23.6 Å². The van der Waals surface area contributed by atoms with Crippen LogP contribution in [-0.2, 0) is 24.1 Å². The Morgan fingerprint density at radius 3 is 2.63 bits per heavy atom. The van der Waals surface area contributed by atoms with Crippen molar-refractivity contribution in [2.24, 2.45) is 0 Å². The van der Waals surface area contributed by atoms with E-state index in [1.165, 1.54) is 28.3 Å². The van der Waals surface area contributed by atoms with Crippen molar-refractivity contribution in [2.75, 3.05) is 13.1 Å². The lowest BCUT2D eigenvalue weighted by Gasteiger charge is -2.33. The highest BCUT2D eigenvalue weighted by Gasteiger charge is 2.39. The number of hydrogen-bond acceptors (Lipinski definition) is 5. The van der Waals surface area contributed by atoms with E-state index >= 15 is 0 Å². The number of hydrogen-bond donors (Lipinski definition) is 1. The van der Waals surface area contributed by atoms with Gasteiger partial charge in [0.15, 0.2) is 5.69 Å². The van der Waals surface area contributed by atoms with Crippen molar-refractivity contribution in [3.8, 4) is 17.2 Å². The third kappa shape index (κ3) is 6.00. The maximum atomic E-state index is 14.0. The van der Waals surface area contributed by atoms with E-state index < -0.39 is 17.8 Å². The predicted octanol–water partition coefficient (Wildman–Crippen LogP) is 5.94. The summed E-state index contributed by atoms with van der Waals surface area (Å²) in [6.45, 7) is 9.30. The van der Waals surface area contributed by atoms with Gasteiger partial charge in [-0.25, -0.2) is 0 Å². The fraction of sp³-hybridized carbons (Fsp3) is 0.393. The van der Waals surface area contributed by atoms with Gasteiger partial charge in [-0.15, -0.1) is 11.3 Å². The zero-order valence-electron chi connectivity index (χ0n) is 21.8. The highest BCUT2D eigenvalue weighted by Crippen LogP contribution is 2.44. The van der Waals surface area contributed by atoms with E-state index in [2.05, 4.69) is 16.5 Å². The van der Waals surface area contributed by atoms with E-state index in [1.54, 1.807) is 48.2 Å². The zero-order valence-corrected chi connectivity index (χ0v) is 22.6. The van der Waals surface area contributed by atoms with Gasteiger partial charge in [0.25, 0.3) is 0 Å². The fourth-order valence-electron chi connectivity index (χ4n) is 4.57. The molecule has 3 aromatic rings. The second-order valence-corrected chi connectivity index (χ2v) is 11.4. The van der Waals surface area contributed by atoms with Crippen LogP contribution in [0.5, 0.6) is 0 Å². The van der Waals surface area contributed by atoms with Crippen LogP contribution in [0.25, 0.3) is 11.1 Å². The number of nitrogens with one attached hydrogen (secondary N) is 1. The molecule has 38 heavy (non-hydrogen) atoms. The smallest absolute Gasteiger partial charge is 0.333 e. The standard InChI is InChI=1S/C28H30F3N5OS/c1-5-36-16-23(26(34-36)28(29,30)31)20-10-7-6-9-19(20)22-15-35(17-24-21(22)13-18(14-32)38-24)25(37)11-8-12-33-27(2,3)4/h6-11,13,16,22,33H,5,12,15,17H2,1-4H3/b11-8+/t22-/m0/s1. The number of halogens is 3. The van der Waals surface area contributed by atoms with E-state index in [9.17, 15) is 23.2 Å². The average molecular weight is 542 g/mol. The highest BCUT2D eigenvalue weighted by molar-refractivity contribution is 7.12. The van der Waals surface area contributed by atoms with Gasteiger partial charge in [0.05, 0.1) is 6.54 Å². The summed E-state index contributed by atoms with van der Waals surface area (Å²) in [4.78, 5) is 16.2. The Labute approximate surface area is 224 Å². The van der Waals surface area contributed by atoms with Gasteiger partial charge in [0.2, 0.25) is 5.91 Å². The molecule has 1 atom stereocenters. The van der Waals surface area contributed by atoms with Gasteiger partial charge in [-0.3, -0.25) is 9.48 Å². The summed E-state index contributed by atoms with van der Waals surface area (Å²) in [7, 11) is 0.